The van der Waals surface area contributed by atoms with Crippen LogP contribution < -0.4 is 5.32 Å². The van der Waals surface area contributed by atoms with Gasteiger partial charge in [0.1, 0.15) is 5.82 Å². The average Bonchev–Trinajstić information content (AvgIpc) is 2.22. The van der Waals surface area contributed by atoms with E-state index in [0.29, 0.717) is 23.5 Å². The number of aliphatic hydroxyl groups is 1. The lowest BCUT2D eigenvalue weighted by molar-refractivity contribution is 0.0579. The number of benzene rings is 1. The fourth-order valence-corrected chi connectivity index (χ4v) is 1.99. The largest absolute Gasteiger partial charge is 0.389 e. The van der Waals surface area contributed by atoms with Gasteiger partial charge in [-0.25, -0.2) is 4.39 Å². The fourth-order valence-electron chi connectivity index (χ4n) is 1.58. The first kappa shape index (κ1) is 14.6. The lowest BCUT2D eigenvalue weighted by Gasteiger charge is -2.25. The SMILES string of the molecule is CC(C)NCC(C)(O)Cc1cccc(F)c1Br. The van der Waals surface area contributed by atoms with Crippen LogP contribution in [0.3, 0.4) is 0 Å². The standard InChI is InChI=1S/C13H19BrFNO/c1-9(2)16-8-13(3,17)7-10-5-4-6-11(15)12(10)14/h4-6,9,16-17H,7-8H2,1-3H3. The van der Waals surface area contributed by atoms with Crippen molar-refractivity contribution < 1.29 is 9.50 Å². The maximum atomic E-state index is 13.3. The molecule has 0 bridgehead atoms. The molecule has 96 valence electrons. The van der Waals surface area contributed by atoms with Gasteiger partial charge in [0.05, 0.1) is 10.1 Å². The van der Waals surface area contributed by atoms with Crippen molar-refractivity contribution in [1.29, 1.82) is 0 Å². The first-order valence-electron chi connectivity index (χ1n) is 5.70. The maximum Gasteiger partial charge on any atom is 0.137 e. The van der Waals surface area contributed by atoms with Crippen molar-refractivity contribution in [2.24, 2.45) is 0 Å². The zero-order valence-corrected chi connectivity index (χ0v) is 12.0. The lowest BCUT2D eigenvalue weighted by atomic mass is 9.96. The molecule has 1 aromatic rings. The molecule has 1 unspecified atom stereocenters. The summed E-state index contributed by atoms with van der Waals surface area (Å²) >= 11 is 3.21. The van der Waals surface area contributed by atoms with E-state index in [1.807, 2.05) is 19.9 Å². The molecule has 0 saturated heterocycles. The molecule has 1 rings (SSSR count). The number of hydrogen-bond donors (Lipinski definition) is 2. The summed E-state index contributed by atoms with van der Waals surface area (Å²) in [5.41, 5.74) is -0.110. The van der Waals surface area contributed by atoms with Gasteiger partial charge < -0.3 is 10.4 Å². The molecule has 0 amide bonds. The van der Waals surface area contributed by atoms with E-state index in [-0.39, 0.29) is 5.82 Å². The Balaban J connectivity index is 2.72. The maximum absolute atomic E-state index is 13.3. The molecule has 1 atom stereocenters. The van der Waals surface area contributed by atoms with Gasteiger partial charge in [0, 0.05) is 19.0 Å². The zero-order chi connectivity index (χ0) is 13.1. The highest BCUT2D eigenvalue weighted by Gasteiger charge is 2.22. The van der Waals surface area contributed by atoms with E-state index < -0.39 is 5.60 Å². The van der Waals surface area contributed by atoms with Crippen LogP contribution >= 0.6 is 15.9 Å². The highest BCUT2D eigenvalue weighted by Crippen LogP contribution is 2.24. The van der Waals surface area contributed by atoms with E-state index in [4.69, 9.17) is 0 Å². The van der Waals surface area contributed by atoms with Gasteiger partial charge in [0.2, 0.25) is 0 Å². The van der Waals surface area contributed by atoms with Crippen molar-refractivity contribution >= 4 is 15.9 Å². The molecule has 0 aliphatic rings. The highest BCUT2D eigenvalue weighted by atomic mass is 79.9. The minimum atomic E-state index is -0.888. The second-order valence-corrected chi connectivity index (χ2v) is 5.72. The van der Waals surface area contributed by atoms with Crippen molar-refractivity contribution in [3.8, 4) is 0 Å². The molecule has 0 aliphatic carbocycles. The Morgan fingerprint density at radius 2 is 2.12 bits per heavy atom. The third kappa shape index (κ3) is 4.74. The van der Waals surface area contributed by atoms with Gasteiger partial charge in [-0.15, -0.1) is 0 Å². The first-order valence-corrected chi connectivity index (χ1v) is 6.50. The zero-order valence-electron chi connectivity index (χ0n) is 10.4. The Labute approximate surface area is 110 Å². The van der Waals surface area contributed by atoms with Crippen LogP contribution in [0.25, 0.3) is 0 Å². The summed E-state index contributed by atoms with van der Waals surface area (Å²) in [5, 5.41) is 13.4. The fraction of sp³-hybridized carbons (Fsp3) is 0.538. The van der Waals surface area contributed by atoms with Crippen molar-refractivity contribution in [3.63, 3.8) is 0 Å². The molecule has 1 aromatic carbocycles. The Morgan fingerprint density at radius 1 is 1.47 bits per heavy atom. The summed E-state index contributed by atoms with van der Waals surface area (Å²) in [4.78, 5) is 0. The highest BCUT2D eigenvalue weighted by molar-refractivity contribution is 9.10. The smallest absolute Gasteiger partial charge is 0.137 e. The third-order valence-electron chi connectivity index (χ3n) is 2.49. The van der Waals surface area contributed by atoms with Crippen molar-refractivity contribution in [2.45, 2.75) is 38.8 Å². The number of rotatable bonds is 5. The van der Waals surface area contributed by atoms with Gasteiger partial charge in [0.25, 0.3) is 0 Å². The molecule has 0 saturated carbocycles. The van der Waals surface area contributed by atoms with E-state index >= 15 is 0 Å². The Kier molecular flexibility index (Phi) is 5.10. The molecule has 0 fully saturated rings. The van der Waals surface area contributed by atoms with Gasteiger partial charge in [-0.2, -0.15) is 0 Å². The molecule has 0 radical (unpaired) electrons. The summed E-state index contributed by atoms with van der Waals surface area (Å²) in [7, 11) is 0. The predicted octanol–water partition coefficient (Wildman–Crippen LogP) is 2.88. The summed E-state index contributed by atoms with van der Waals surface area (Å²) in [6.45, 7) is 6.27. The van der Waals surface area contributed by atoms with Gasteiger partial charge in [-0.05, 0) is 34.5 Å². The number of nitrogens with one attached hydrogen (secondary N) is 1. The quantitative estimate of drug-likeness (QED) is 0.877. The molecular weight excluding hydrogens is 285 g/mol. The molecule has 0 aliphatic heterocycles. The molecule has 17 heavy (non-hydrogen) atoms. The monoisotopic (exact) mass is 303 g/mol. The lowest BCUT2D eigenvalue weighted by Crippen LogP contribution is -2.42. The van der Waals surface area contributed by atoms with Crippen LogP contribution in [-0.2, 0) is 6.42 Å². The van der Waals surface area contributed by atoms with E-state index in [2.05, 4.69) is 21.2 Å². The van der Waals surface area contributed by atoms with Crippen LogP contribution in [0.1, 0.15) is 26.3 Å². The van der Waals surface area contributed by atoms with Crippen molar-refractivity contribution in [1.82, 2.24) is 5.32 Å². The van der Waals surface area contributed by atoms with Crippen LogP contribution in [-0.4, -0.2) is 23.3 Å². The molecule has 0 spiro atoms. The first-order chi connectivity index (χ1) is 7.82. The normalized spacial score (nSPS) is 15.0. The van der Waals surface area contributed by atoms with E-state index in [1.54, 1.807) is 13.0 Å². The Hall–Kier alpha value is -0.450. The van der Waals surface area contributed by atoms with E-state index in [0.717, 1.165) is 5.56 Å². The second-order valence-electron chi connectivity index (χ2n) is 4.92. The van der Waals surface area contributed by atoms with Gasteiger partial charge in [0.15, 0.2) is 0 Å². The number of halogens is 2. The summed E-state index contributed by atoms with van der Waals surface area (Å²) in [6.07, 6.45) is 0.408. The van der Waals surface area contributed by atoms with Gasteiger partial charge in [-0.3, -0.25) is 0 Å². The second kappa shape index (κ2) is 5.94. The topological polar surface area (TPSA) is 32.3 Å². The third-order valence-corrected chi connectivity index (χ3v) is 3.38. The Morgan fingerprint density at radius 3 is 2.71 bits per heavy atom. The Bertz CT molecular complexity index is 380. The van der Waals surface area contributed by atoms with Crippen LogP contribution in [0.4, 0.5) is 4.39 Å². The van der Waals surface area contributed by atoms with Crippen molar-refractivity contribution in [3.05, 3.63) is 34.1 Å². The minimum Gasteiger partial charge on any atom is -0.389 e. The predicted molar refractivity (Wildman–Crippen MR) is 71.6 cm³/mol. The molecule has 4 heteroatoms. The van der Waals surface area contributed by atoms with E-state index in [1.165, 1.54) is 6.07 Å². The van der Waals surface area contributed by atoms with E-state index in [9.17, 15) is 9.50 Å². The molecule has 0 aromatic heterocycles. The summed E-state index contributed by atoms with van der Waals surface area (Å²) in [5.74, 6) is -0.296. The minimum absolute atomic E-state index is 0.296. The van der Waals surface area contributed by atoms with Crippen LogP contribution in [0.2, 0.25) is 0 Å². The van der Waals surface area contributed by atoms with Crippen LogP contribution in [0.15, 0.2) is 22.7 Å². The van der Waals surface area contributed by atoms with Crippen LogP contribution in [0.5, 0.6) is 0 Å². The molecular formula is C13H19BrFNO. The average molecular weight is 304 g/mol. The number of hydrogen-bond acceptors (Lipinski definition) is 2. The molecule has 2 N–H and O–H groups in total. The summed E-state index contributed by atoms with van der Waals surface area (Å²) in [6, 6.07) is 5.19. The molecule has 2 nitrogen and oxygen atoms in total. The van der Waals surface area contributed by atoms with Crippen LogP contribution in [0, 0.1) is 5.82 Å². The van der Waals surface area contributed by atoms with Gasteiger partial charge in [-0.1, -0.05) is 26.0 Å². The molecule has 0 heterocycles. The van der Waals surface area contributed by atoms with Gasteiger partial charge >= 0.3 is 0 Å². The summed E-state index contributed by atoms with van der Waals surface area (Å²) < 4.78 is 13.8. The van der Waals surface area contributed by atoms with Crippen molar-refractivity contribution in [2.75, 3.05) is 6.54 Å².